The fourth-order valence-corrected chi connectivity index (χ4v) is 8.26. The van der Waals surface area contributed by atoms with Crippen LogP contribution in [0, 0.1) is 0 Å². The zero-order chi connectivity index (χ0) is 31.7. The number of aromatic nitrogens is 2. The van der Waals surface area contributed by atoms with Gasteiger partial charge in [-0.1, -0.05) is 0 Å². The topological polar surface area (TPSA) is 125 Å². The first-order valence-corrected chi connectivity index (χ1v) is 14.8. The third kappa shape index (κ3) is 3.69. The summed E-state index contributed by atoms with van der Waals surface area (Å²) in [5.74, 6) is -16.2. The van der Waals surface area contributed by atoms with Crippen LogP contribution in [0.1, 0.15) is 40.1 Å². The number of thiophene rings is 2. The van der Waals surface area contributed by atoms with Gasteiger partial charge in [0, 0.05) is 27.9 Å². The SMILES string of the molecule is CN1C(=O)c2cc(-c3c4c(c(-c5cc6c(s5)C(=O)N(CC(F)(F)C(F)(F)C(F)(F)F)C6=O)c5nsnc35)N=S=N4)sc2C1=O. The Kier molecular flexibility index (Phi) is 5.92. The summed E-state index contributed by atoms with van der Waals surface area (Å²) in [6.45, 7) is -2.49. The number of rotatable bonds is 5. The van der Waals surface area contributed by atoms with Crippen LogP contribution in [0.3, 0.4) is 0 Å². The lowest BCUT2D eigenvalue weighted by Crippen LogP contribution is -2.57. The van der Waals surface area contributed by atoms with Crippen molar-refractivity contribution in [2.75, 3.05) is 13.6 Å². The predicted molar refractivity (Wildman–Crippen MR) is 143 cm³/mol. The summed E-state index contributed by atoms with van der Waals surface area (Å²) in [7, 11) is 1.35. The molecule has 0 bridgehead atoms. The van der Waals surface area contributed by atoms with Gasteiger partial charge in [-0.25, -0.2) is 0 Å². The van der Waals surface area contributed by atoms with Crippen molar-refractivity contribution < 1.29 is 49.9 Å². The van der Waals surface area contributed by atoms with E-state index in [4.69, 9.17) is 0 Å². The van der Waals surface area contributed by atoms with E-state index in [1.807, 2.05) is 0 Å². The number of carbonyl (C=O) groups excluding carboxylic acids is 4. The number of imide groups is 2. The fraction of sp³-hybridized carbons (Fsp3) is 0.217. The molecule has 0 spiro atoms. The highest BCUT2D eigenvalue weighted by molar-refractivity contribution is 7.58. The summed E-state index contributed by atoms with van der Waals surface area (Å²) in [5, 5.41) is 0. The van der Waals surface area contributed by atoms with Crippen LogP contribution in [-0.4, -0.2) is 73.8 Å². The molecular weight excluding hydrogens is 686 g/mol. The second-order valence-corrected chi connectivity index (χ2v) is 12.7. The molecule has 0 atom stereocenters. The molecule has 226 valence electrons. The number of amides is 4. The van der Waals surface area contributed by atoms with E-state index in [1.165, 1.54) is 13.1 Å². The minimum Gasteiger partial charge on any atom is -0.277 e. The number of hydrogen-bond donors (Lipinski definition) is 0. The first-order valence-electron chi connectivity index (χ1n) is 11.7. The molecule has 6 heterocycles. The van der Waals surface area contributed by atoms with Gasteiger partial charge in [-0.2, -0.15) is 48.2 Å². The van der Waals surface area contributed by atoms with Crippen molar-refractivity contribution in [2.24, 2.45) is 8.73 Å². The van der Waals surface area contributed by atoms with Crippen molar-refractivity contribution in [3.05, 3.63) is 33.0 Å². The summed E-state index contributed by atoms with van der Waals surface area (Å²) < 4.78 is 110. The molecule has 0 saturated carbocycles. The lowest BCUT2D eigenvalue weighted by atomic mass is 10.00. The van der Waals surface area contributed by atoms with Crippen LogP contribution >= 0.6 is 34.4 Å². The minimum atomic E-state index is -6.63. The van der Waals surface area contributed by atoms with Crippen molar-refractivity contribution in [3.63, 3.8) is 0 Å². The Morgan fingerprint density at radius 2 is 1.23 bits per heavy atom. The Bertz CT molecular complexity index is 2040. The maximum absolute atomic E-state index is 14.1. The Morgan fingerprint density at radius 3 is 1.70 bits per heavy atom. The van der Waals surface area contributed by atoms with Crippen LogP contribution in [0.15, 0.2) is 20.9 Å². The lowest BCUT2D eigenvalue weighted by Gasteiger charge is -2.30. The zero-order valence-corrected chi connectivity index (χ0v) is 24.2. The normalized spacial score (nSPS) is 16.5. The average molecular weight is 693 g/mol. The van der Waals surface area contributed by atoms with E-state index in [0.29, 0.717) is 21.8 Å². The molecule has 10 nitrogen and oxygen atoms in total. The molecule has 0 N–H and O–H groups in total. The molecule has 21 heteroatoms. The standard InChI is InChI=1S/C23H7F7N6O4S4/c1-35-17(37)5-2-7(41-15(5)19(35)39)9-11-13(33-43-31-11)10(14-12(9)32-44-34-14)8-3-6-16(42-8)20(40)36(18(6)38)4-21(24,25)22(26,27)23(28,29)30/h2-3H,4H2,1H3. The van der Waals surface area contributed by atoms with Crippen molar-refractivity contribution in [2.45, 2.75) is 18.0 Å². The molecule has 7 rings (SSSR count). The van der Waals surface area contributed by atoms with E-state index >= 15 is 0 Å². The van der Waals surface area contributed by atoms with Crippen LogP contribution in [-0.2, 0) is 11.4 Å². The van der Waals surface area contributed by atoms with Gasteiger partial charge < -0.3 is 0 Å². The summed E-state index contributed by atoms with van der Waals surface area (Å²) in [5.41, 5.74) is 1.39. The summed E-state index contributed by atoms with van der Waals surface area (Å²) in [4.78, 5) is 51.8. The van der Waals surface area contributed by atoms with Crippen LogP contribution < -0.4 is 0 Å². The molecule has 0 saturated heterocycles. The molecule has 0 unspecified atom stereocenters. The van der Waals surface area contributed by atoms with Gasteiger partial charge in [-0.15, -0.1) is 22.7 Å². The van der Waals surface area contributed by atoms with E-state index in [9.17, 15) is 49.9 Å². The molecule has 0 fully saturated rings. The predicted octanol–water partition coefficient (Wildman–Crippen LogP) is 6.53. The third-order valence-electron chi connectivity index (χ3n) is 7.00. The van der Waals surface area contributed by atoms with E-state index in [2.05, 4.69) is 17.5 Å². The maximum atomic E-state index is 14.1. The van der Waals surface area contributed by atoms with Gasteiger partial charge in [-0.05, 0) is 12.1 Å². The molecule has 4 aromatic rings. The van der Waals surface area contributed by atoms with Gasteiger partial charge in [-0.3, -0.25) is 29.0 Å². The van der Waals surface area contributed by atoms with E-state index in [1.54, 1.807) is 0 Å². The highest BCUT2D eigenvalue weighted by Gasteiger charge is 2.73. The smallest absolute Gasteiger partial charge is 0.277 e. The van der Waals surface area contributed by atoms with Gasteiger partial charge in [0.1, 0.15) is 32.2 Å². The molecule has 0 radical (unpaired) electrons. The Balaban J connectivity index is 1.30. The van der Waals surface area contributed by atoms with Crippen LogP contribution in [0.5, 0.6) is 0 Å². The zero-order valence-electron chi connectivity index (χ0n) is 21.0. The monoisotopic (exact) mass is 692 g/mol. The maximum Gasteiger partial charge on any atom is 0.459 e. The second kappa shape index (κ2) is 9.05. The number of carbonyl (C=O) groups is 4. The Morgan fingerprint density at radius 1 is 0.727 bits per heavy atom. The molecule has 3 aliphatic heterocycles. The second-order valence-electron chi connectivity index (χ2n) is 9.52. The van der Waals surface area contributed by atoms with Gasteiger partial charge >= 0.3 is 18.0 Å². The molecule has 0 aliphatic carbocycles. The van der Waals surface area contributed by atoms with Gasteiger partial charge in [0.05, 0.1) is 40.8 Å². The van der Waals surface area contributed by atoms with Crippen molar-refractivity contribution in [3.8, 4) is 20.9 Å². The number of hydrogen-bond acceptors (Lipinski definition) is 11. The van der Waals surface area contributed by atoms with E-state index in [0.717, 1.165) is 45.4 Å². The summed E-state index contributed by atoms with van der Waals surface area (Å²) in [6.07, 6.45) is -6.63. The number of benzene rings is 1. The minimum absolute atomic E-state index is 0.173. The Hall–Kier alpha value is -3.95. The summed E-state index contributed by atoms with van der Waals surface area (Å²) in [6, 6.07) is 2.64. The molecule has 4 amide bonds. The van der Waals surface area contributed by atoms with Crippen molar-refractivity contribution >= 4 is 91.8 Å². The van der Waals surface area contributed by atoms with Crippen LogP contribution in [0.2, 0.25) is 0 Å². The van der Waals surface area contributed by atoms with Gasteiger partial charge in [0.25, 0.3) is 23.6 Å². The first-order chi connectivity index (χ1) is 20.5. The highest BCUT2D eigenvalue weighted by atomic mass is 32.1. The fourth-order valence-electron chi connectivity index (χ4n) is 4.82. The van der Waals surface area contributed by atoms with Crippen molar-refractivity contribution in [1.29, 1.82) is 0 Å². The molecule has 3 aromatic heterocycles. The Labute approximate surface area is 253 Å². The van der Waals surface area contributed by atoms with Crippen molar-refractivity contribution in [1.82, 2.24) is 18.5 Å². The third-order valence-corrected chi connectivity index (χ3v) is 10.3. The number of nitrogens with zero attached hydrogens (tertiary/aromatic N) is 6. The largest absolute Gasteiger partial charge is 0.459 e. The van der Waals surface area contributed by atoms with Crippen LogP contribution in [0.4, 0.5) is 42.1 Å². The van der Waals surface area contributed by atoms with Crippen LogP contribution in [0.25, 0.3) is 31.9 Å². The van der Waals surface area contributed by atoms with Gasteiger partial charge in [0.2, 0.25) is 0 Å². The number of fused-ring (bicyclic) bond motifs is 4. The lowest BCUT2D eigenvalue weighted by molar-refractivity contribution is -0.354. The first kappa shape index (κ1) is 28.8. The quantitative estimate of drug-likeness (QED) is 0.152. The van der Waals surface area contributed by atoms with E-state index < -0.39 is 58.6 Å². The molecule has 44 heavy (non-hydrogen) atoms. The highest BCUT2D eigenvalue weighted by Crippen LogP contribution is 2.55. The average Bonchev–Trinajstić information content (AvgIpc) is 3.79. The van der Waals surface area contributed by atoms with E-state index in [-0.39, 0.29) is 48.2 Å². The number of alkyl halides is 7. The molecular formula is C23H7F7N6O4S4. The van der Waals surface area contributed by atoms with Gasteiger partial charge in [0.15, 0.2) is 0 Å². The number of halogens is 7. The molecule has 1 aromatic carbocycles. The summed E-state index contributed by atoms with van der Waals surface area (Å²) >= 11 is 3.22. The molecule has 3 aliphatic rings.